The van der Waals surface area contributed by atoms with Crippen LogP contribution in [0.4, 0.5) is 21.5 Å². The highest BCUT2D eigenvalue weighted by atomic mass is 32.2. The van der Waals surface area contributed by atoms with Gasteiger partial charge in [-0.15, -0.1) is 0 Å². The summed E-state index contributed by atoms with van der Waals surface area (Å²) in [6, 6.07) is 22.7. The molecular formula is C25H27FN4O3S. The van der Waals surface area contributed by atoms with Gasteiger partial charge in [-0.25, -0.2) is 12.8 Å². The van der Waals surface area contributed by atoms with Crippen molar-refractivity contribution in [2.45, 2.75) is 4.90 Å². The Bertz CT molecular complexity index is 1250. The number of carbonyl (C=O) groups excluding carboxylic acids is 1. The van der Waals surface area contributed by atoms with Crippen LogP contribution in [0.25, 0.3) is 0 Å². The average Bonchev–Trinajstić information content (AvgIpc) is 2.87. The fourth-order valence-electron chi connectivity index (χ4n) is 3.94. The Morgan fingerprint density at radius 3 is 2.32 bits per heavy atom. The minimum atomic E-state index is -3.80. The van der Waals surface area contributed by atoms with Gasteiger partial charge in [0.25, 0.3) is 0 Å². The van der Waals surface area contributed by atoms with Gasteiger partial charge in [0.15, 0.2) is 0 Å². The lowest BCUT2D eigenvalue weighted by Crippen LogP contribution is -2.51. The molecule has 0 aliphatic carbocycles. The zero-order valence-corrected chi connectivity index (χ0v) is 19.7. The van der Waals surface area contributed by atoms with E-state index in [1.165, 1.54) is 22.5 Å². The van der Waals surface area contributed by atoms with Crippen molar-refractivity contribution in [3.63, 3.8) is 0 Å². The lowest BCUT2D eigenvalue weighted by atomic mass is 10.2. The first kappa shape index (κ1) is 23.7. The van der Waals surface area contributed by atoms with Gasteiger partial charge >= 0.3 is 0 Å². The number of para-hydroxylation sites is 3. The third kappa shape index (κ3) is 5.21. The van der Waals surface area contributed by atoms with Crippen LogP contribution in [0.3, 0.4) is 0 Å². The standard InChI is InChI=1S/C25H27FN4O3S/c1-28(21-9-3-2-4-10-21)24-13-6-5-12-23(24)27-19-25(31)29-14-16-30(17-15-29)34(32,33)22-11-7-8-20(26)18-22/h2-13,18,27H,14-17,19H2,1H3. The highest BCUT2D eigenvalue weighted by Crippen LogP contribution is 2.30. The summed E-state index contributed by atoms with van der Waals surface area (Å²) in [5, 5.41) is 3.23. The second kappa shape index (κ2) is 10.2. The molecule has 0 unspecified atom stereocenters. The van der Waals surface area contributed by atoms with E-state index in [0.717, 1.165) is 23.1 Å². The molecule has 4 rings (SSSR count). The molecule has 34 heavy (non-hydrogen) atoms. The third-order valence-corrected chi connectivity index (χ3v) is 7.76. The van der Waals surface area contributed by atoms with Crippen LogP contribution < -0.4 is 10.2 Å². The summed E-state index contributed by atoms with van der Waals surface area (Å²) in [6.07, 6.45) is 0. The van der Waals surface area contributed by atoms with E-state index in [1.54, 1.807) is 4.90 Å². The molecule has 0 saturated carbocycles. The summed E-state index contributed by atoms with van der Waals surface area (Å²) < 4.78 is 40.3. The summed E-state index contributed by atoms with van der Waals surface area (Å²) in [4.78, 5) is 16.4. The zero-order chi connectivity index (χ0) is 24.1. The molecule has 9 heteroatoms. The Kier molecular flexibility index (Phi) is 7.14. The van der Waals surface area contributed by atoms with Crippen LogP contribution in [-0.4, -0.2) is 63.3 Å². The van der Waals surface area contributed by atoms with Crippen molar-refractivity contribution < 1.29 is 17.6 Å². The van der Waals surface area contributed by atoms with Gasteiger partial charge in [0.1, 0.15) is 5.82 Å². The third-order valence-electron chi connectivity index (χ3n) is 5.86. The van der Waals surface area contributed by atoms with Crippen LogP contribution in [-0.2, 0) is 14.8 Å². The van der Waals surface area contributed by atoms with Crippen LogP contribution in [0, 0.1) is 5.82 Å². The lowest BCUT2D eigenvalue weighted by molar-refractivity contribution is -0.130. The molecule has 0 radical (unpaired) electrons. The van der Waals surface area contributed by atoms with Crippen molar-refractivity contribution in [3.05, 3.63) is 84.7 Å². The molecule has 0 aromatic heterocycles. The molecule has 1 N–H and O–H groups in total. The number of piperazine rings is 1. The van der Waals surface area contributed by atoms with E-state index < -0.39 is 15.8 Å². The zero-order valence-electron chi connectivity index (χ0n) is 18.9. The van der Waals surface area contributed by atoms with Gasteiger partial charge in [0.2, 0.25) is 15.9 Å². The van der Waals surface area contributed by atoms with Crippen LogP contribution in [0.2, 0.25) is 0 Å². The Morgan fingerprint density at radius 1 is 0.941 bits per heavy atom. The van der Waals surface area contributed by atoms with E-state index in [4.69, 9.17) is 0 Å². The fraction of sp³-hybridized carbons (Fsp3) is 0.240. The van der Waals surface area contributed by atoms with E-state index >= 15 is 0 Å². The largest absolute Gasteiger partial charge is 0.374 e. The molecule has 1 saturated heterocycles. The molecule has 3 aromatic carbocycles. The maximum atomic E-state index is 13.5. The SMILES string of the molecule is CN(c1ccccc1)c1ccccc1NCC(=O)N1CCN(S(=O)(=O)c2cccc(F)c2)CC1. The number of sulfonamides is 1. The number of hydrogen-bond donors (Lipinski definition) is 1. The molecule has 0 bridgehead atoms. The molecule has 1 heterocycles. The average molecular weight is 483 g/mol. The van der Waals surface area contributed by atoms with Gasteiger partial charge in [-0.1, -0.05) is 36.4 Å². The first-order chi connectivity index (χ1) is 16.4. The minimum Gasteiger partial charge on any atom is -0.374 e. The quantitative estimate of drug-likeness (QED) is 0.558. The van der Waals surface area contributed by atoms with E-state index in [-0.39, 0.29) is 43.5 Å². The molecule has 0 atom stereocenters. The van der Waals surface area contributed by atoms with E-state index in [9.17, 15) is 17.6 Å². The highest BCUT2D eigenvalue weighted by molar-refractivity contribution is 7.89. The van der Waals surface area contributed by atoms with Gasteiger partial charge in [-0.05, 0) is 42.5 Å². The first-order valence-electron chi connectivity index (χ1n) is 11.0. The Balaban J connectivity index is 1.36. The number of hydrogen-bond acceptors (Lipinski definition) is 5. The van der Waals surface area contributed by atoms with Crippen molar-refractivity contribution in [2.75, 3.05) is 50.0 Å². The number of nitrogens with one attached hydrogen (secondary N) is 1. The van der Waals surface area contributed by atoms with Gasteiger partial charge < -0.3 is 15.1 Å². The molecule has 178 valence electrons. The number of amides is 1. The minimum absolute atomic E-state index is 0.0758. The molecular weight excluding hydrogens is 455 g/mol. The number of halogens is 1. The van der Waals surface area contributed by atoms with Gasteiger partial charge in [-0.2, -0.15) is 4.31 Å². The van der Waals surface area contributed by atoms with Crippen molar-refractivity contribution in [1.82, 2.24) is 9.21 Å². The number of carbonyl (C=O) groups is 1. The highest BCUT2D eigenvalue weighted by Gasteiger charge is 2.30. The smallest absolute Gasteiger partial charge is 0.243 e. The maximum Gasteiger partial charge on any atom is 0.243 e. The van der Waals surface area contributed by atoms with Gasteiger partial charge in [-0.3, -0.25) is 4.79 Å². The number of nitrogens with zero attached hydrogens (tertiary/aromatic N) is 3. The Hall–Kier alpha value is -3.43. The second-order valence-electron chi connectivity index (χ2n) is 8.01. The maximum absolute atomic E-state index is 13.5. The predicted molar refractivity (Wildman–Crippen MR) is 131 cm³/mol. The molecule has 1 aliphatic rings. The van der Waals surface area contributed by atoms with Crippen LogP contribution in [0.5, 0.6) is 0 Å². The summed E-state index contributed by atoms with van der Waals surface area (Å²) in [5.74, 6) is -0.709. The van der Waals surface area contributed by atoms with Crippen molar-refractivity contribution in [2.24, 2.45) is 0 Å². The van der Waals surface area contributed by atoms with Crippen molar-refractivity contribution >= 4 is 33.0 Å². The van der Waals surface area contributed by atoms with Crippen LogP contribution in [0.1, 0.15) is 0 Å². The Morgan fingerprint density at radius 2 is 1.62 bits per heavy atom. The Labute approximate surface area is 199 Å². The molecule has 1 aliphatic heterocycles. The summed E-state index contributed by atoms with van der Waals surface area (Å²) in [5.41, 5.74) is 2.79. The number of anilines is 3. The van der Waals surface area contributed by atoms with Gasteiger partial charge in [0, 0.05) is 38.9 Å². The molecule has 7 nitrogen and oxygen atoms in total. The van der Waals surface area contributed by atoms with Crippen molar-refractivity contribution in [1.29, 1.82) is 0 Å². The van der Waals surface area contributed by atoms with E-state index in [2.05, 4.69) is 5.32 Å². The molecule has 1 amide bonds. The van der Waals surface area contributed by atoms with E-state index in [0.29, 0.717) is 0 Å². The topological polar surface area (TPSA) is 73.0 Å². The molecule has 3 aromatic rings. The number of benzene rings is 3. The summed E-state index contributed by atoms with van der Waals surface area (Å²) in [7, 11) is -1.83. The normalized spacial score (nSPS) is 14.6. The van der Waals surface area contributed by atoms with Crippen LogP contribution >= 0.6 is 0 Å². The second-order valence-corrected chi connectivity index (χ2v) is 9.95. The number of rotatable bonds is 7. The monoisotopic (exact) mass is 482 g/mol. The summed E-state index contributed by atoms with van der Waals surface area (Å²) in [6.45, 7) is 0.980. The van der Waals surface area contributed by atoms with E-state index in [1.807, 2.05) is 66.5 Å². The fourth-order valence-corrected chi connectivity index (χ4v) is 5.40. The van der Waals surface area contributed by atoms with Crippen LogP contribution in [0.15, 0.2) is 83.8 Å². The predicted octanol–water partition coefficient (Wildman–Crippen LogP) is 3.54. The first-order valence-corrected chi connectivity index (χ1v) is 12.5. The van der Waals surface area contributed by atoms with Crippen molar-refractivity contribution in [3.8, 4) is 0 Å². The molecule has 0 spiro atoms. The summed E-state index contributed by atoms with van der Waals surface area (Å²) >= 11 is 0. The lowest BCUT2D eigenvalue weighted by Gasteiger charge is -2.34. The molecule has 1 fully saturated rings. The van der Waals surface area contributed by atoms with Gasteiger partial charge in [0.05, 0.1) is 22.8 Å².